The van der Waals surface area contributed by atoms with E-state index in [-0.39, 0.29) is 34.4 Å². The van der Waals surface area contributed by atoms with Gasteiger partial charge in [-0.15, -0.1) is 0 Å². The van der Waals surface area contributed by atoms with Crippen LogP contribution < -0.4 is 25.7 Å². The lowest BCUT2D eigenvalue weighted by Crippen LogP contribution is -2.52. The highest BCUT2D eigenvalue weighted by Crippen LogP contribution is 2.41. The van der Waals surface area contributed by atoms with E-state index < -0.39 is 23.6 Å². The van der Waals surface area contributed by atoms with Crippen molar-refractivity contribution in [3.8, 4) is 11.9 Å². The van der Waals surface area contributed by atoms with Crippen LogP contribution in [0, 0.1) is 18.8 Å². The molecule has 4 rings (SSSR count). The Morgan fingerprint density at radius 3 is 2.48 bits per heavy atom. The first kappa shape index (κ1) is 29.0. The molecular formula is C27H29Cl2N7O4. The number of aromatic nitrogens is 3. The van der Waals surface area contributed by atoms with E-state index in [9.17, 15) is 9.59 Å². The Balaban J connectivity index is 2.04. The number of nitrogens with zero attached hydrogens (tertiary/aromatic N) is 6. The van der Waals surface area contributed by atoms with Crippen LogP contribution in [-0.2, 0) is 7.05 Å². The number of nitrogens with two attached hydrogens (primary N) is 1. The zero-order valence-corrected chi connectivity index (χ0v) is 24.4. The van der Waals surface area contributed by atoms with E-state index in [1.807, 2.05) is 20.8 Å². The molecule has 3 aromatic rings. The van der Waals surface area contributed by atoms with Crippen molar-refractivity contribution in [3.63, 3.8) is 0 Å². The first-order valence-corrected chi connectivity index (χ1v) is 13.0. The summed E-state index contributed by atoms with van der Waals surface area (Å²) in [4.78, 5) is 45.7. The Labute approximate surface area is 241 Å². The molecule has 0 fully saturated rings. The summed E-state index contributed by atoms with van der Waals surface area (Å²) in [6.45, 7) is 5.74. The molecule has 3 heterocycles. The number of carbonyl (C=O) groups is 1. The number of aliphatic imine (C=N–C) groups is 2. The normalized spacial score (nSPS) is 17.7. The van der Waals surface area contributed by atoms with Gasteiger partial charge < -0.3 is 19.8 Å². The van der Waals surface area contributed by atoms with Gasteiger partial charge in [-0.25, -0.2) is 14.8 Å². The van der Waals surface area contributed by atoms with E-state index in [0.29, 0.717) is 22.0 Å². The second-order valence-electron chi connectivity index (χ2n) is 9.51. The van der Waals surface area contributed by atoms with Crippen molar-refractivity contribution in [1.29, 1.82) is 0 Å². The Bertz CT molecular complexity index is 1590. The lowest BCUT2D eigenvalue weighted by Gasteiger charge is -2.41. The van der Waals surface area contributed by atoms with Crippen LogP contribution in [0.4, 0.5) is 16.2 Å². The smallest absolute Gasteiger partial charge is 0.350 e. The molecule has 11 nitrogen and oxygen atoms in total. The second-order valence-corrected chi connectivity index (χ2v) is 10.4. The number of methoxy groups -OCH3 is 2. The van der Waals surface area contributed by atoms with Crippen LogP contribution in [0.3, 0.4) is 0 Å². The van der Waals surface area contributed by atoms with Crippen LogP contribution in [0.15, 0.2) is 51.4 Å². The number of hydrogen-bond acceptors (Lipinski definition) is 8. The largest absolute Gasteiger partial charge is 0.479 e. The van der Waals surface area contributed by atoms with Gasteiger partial charge in [-0.3, -0.25) is 9.69 Å². The van der Waals surface area contributed by atoms with Gasteiger partial charge >= 0.3 is 12.0 Å². The van der Waals surface area contributed by atoms with Gasteiger partial charge in [0.05, 0.1) is 37.4 Å². The Hall–Kier alpha value is -3.96. The highest BCUT2D eigenvalue weighted by molar-refractivity contribution is 6.31. The molecule has 2 N–H and O–H groups in total. The standard InChI is InChI=1S/C27H29Cl2N7O4/c1-13(2)21(32-18-11-31-26(40-6)34-24(18)39-5)20-22(17-8-7-15(28)9-14(17)3)36(27(38)33-23(20)30)19-10-16(29)12-35(4)25(19)37/h7-13,20,22H,1-6H3,(H2,30,33,38). The molecule has 2 amide bonds. The number of urea groups is 1. The zero-order valence-electron chi connectivity index (χ0n) is 22.8. The number of halogens is 2. The van der Waals surface area contributed by atoms with Crippen molar-refractivity contribution in [2.24, 2.45) is 34.6 Å². The molecule has 1 aliphatic heterocycles. The van der Waals surface area contributed by atoms with Gasteiger partial charge in [-0.2, -0.15) is 9.98 Å². The number of anilines is 1. The molecular weight excluding hydrogens is 557 g/mol. The molecule has 13 heteroatoms. The minimum atomic E-state index is -0.820. The van der Waals surface area contributed by atoms with E-state index in [1.54, 1.807) is 25.2 Å². The topological polar surface area (TPSA) is 137 Å². The summed E-state index contributed by atoms with van der Waals surface area (Å²) in [7, 11) is 4.46. The van der Waals surface area contributed by atoms with Crippen molar-refractivity contribution in [1.82, 2.24) is 14.5 Å². The first-order chi connectivity index (χ1) is 19.0. The lowest BCUT2D eigenvalue weighted by molar-refractivity contribution is 0.249. The second kappa shape index (κ2) is 11.6. The third-order valence-electron chi connectivity index (χ3n) is 6.53. The summed E-state index contributed by atoms with van der Waals surface area (Å²) in [6.07, 6.45) is 2.94. The van der Waals surface area contributed by atoms with E-state index in [4.69, 9.17) is 43.4 Å². The summed E-state index contributed by atoms with van der Waals surface area (Å²) in [5.41, 5.74) is 8.51. The van der Waals surface area contributed by atoms with Crippen LogP contribution in [-0.4, -0.2) is 46.3 Å². The van der Waals surface area contributed by atoms with Gasteiger partial charge in [0.25, 0.3) is 5.56 Å². The lowest BCUT2D eigenvalue weighted by atomic mass is 9.80. The maximum Gasteiger partial charge on any atom is 0.350 e. The maximum atomic E-state index is 13.6. The predicted octanol–water partition coefficient (Wildman–Crippen LogP) is 4.89. The highest BCUT2D eigenvalue weighted by Gasteiger charge is 2.44. The molecule has 0 bridgehead atoms. The van der Waals surface area contributed by atoms with Crippen LogP contribution >= 0.6 is 23.2 Å². The quantitative estimate of drug-likeness (QED) is 0.389. The van der Waals surface area contributed by atoms with Gasteiger partial charge in [0.1, 0.15) is 17.2 Å². The number of amidine groups is 1. The average Bonchev–Trinajstić information content (AvgIpc) is 2.89. The molecule has 0 aliphatic carbocycles. The summed E-state index contributed by atoms with van der Waals surface area (Å²) >= 11 is 12.6. The van der Waals surface area contributed by atoms with Gasteiger partial charge in [0, 0.05) is 24.0 Å². The number of carbonyl (C=O) groups excluding carboxylic acids is 1. The molecule has 210 valence electrons. The van der Waals surface area contributed by atoms with E-state index in [2.05, 4.69) is 15.0 Å². The Kier molecular flexibility index (Phi) is 8.45. The van der Waals surface area contributed by atoms with Crippen molar-refractivity contribution >= 4 is 52.2 Å². The summed E-state index contributed by atoms with van der Waals surface area (Å²) in [5, 5.41) is 0.790. The fourth-order valence-electron chi connectivity index (χ4n) is 4.71. The van der Waals surface area contributed by atoms with Crippen LogP contribution in [0.25, 0.3) is 0 Å². The zero-order chi connectivity index (χ0) is 29.3. The van der Waals surface area contributed by atoms with Crippen molar-refractivity contribution < 1.29 is 14.3 Å². The molecule has 40 heavy (non-hydrogen) atoms. The van der Waals surface area contributed by atoms with E-state index >= 15 is 0 Å². The van der Waals surface area contributed by atoms with Gasteiger partial charge in [0.2, 0.25) is 5.88 Å². The Morgan fingerprint density at radius 2 is 1.85 bits per heavy atom. The summed E-state index contributed by atoms with van der Waals surface area (Å²) in [5.74, 6) is -0.724. The molecule has 1 aromatic carbocycles. The number of rotatable bonds is 7. The molecule has 2 aromatic heterocycles. The van der Waals surface area contributed by atoms with Gasteiger partial charge in [0.15, 0.2) is 0 Å². The van der Waals surface area contributed by atoms with Crippen LogP contribution in [0.5, 0.6) is 11.9 Å². The fourth-order valence-corrected chi connectivity index (χ4v) is 5.19. The van der Waals surface area contributed by atoms with Crippen molar-refractivity contribution in [2.75, 3.05) is 19.1 Å². The first-order valence-electron chi connectivity index (χ1n) is 12.3. The average molecular weight is 586 g/mol. The molecule has 1 aliphatic rings. The number of ether oxygens (including phenoxy) is 2. The van der Waals surface area contributed by atoms with Gasteiger partial charge in [-0.1, -0.05) is 43.1 Å². The Morgan fingerprint density at radius 1 is 1.12 bits per heavy atom. The maximum absolute atomic E-state index is 13.6. The van der Waals surface area contributed by atoms with Crippen LogP contribution in [0.1, 0.15) is 31.0 Å². The van der Waals surface area contributed by atoms with Gasteiger partial charge in [-0.05, 0) is 42.2 Å². The molecule has 0 spiro atoms. The van der Waals surface area contributed by atoms with Crippen LogP contribution in [0.2, 0.25) is 10.0 Å². The van der Waals surface area contributed by atoms with Crippen molar-refractivity contribution in [3.05, 3.63) is 68.2 Å². The third kappa shape index (κ3) is 5.52. The predicted molar refractivity (Wildman–Crippen MR) is 156 cm³/mol. The minimum Gasteiger partial charge on any atom is -0.479 e. The number of amides is 2. The molecule has 0 saturated carbocycles. The molecule has 0 radical (unpaired) electrons. The minimum absolute atomic E-state index is 0.0419. The number of benzene rings is 1. The summed E-state index contributed by atoms with van der Waals surface area (Å²) < 4.78 is 11.9. The molecule has 2 atom stereocenters. The van der Waals surface area contributed by atoms with E-state index in [1.165, 1.54) is 42.1 Å². The number of hydrogen-bond donors (Lipinski definition) is 1. The van der Waals surface area contributed by atoms with Crippen molar-refractivity contribution in [2.45, 2.75) is 26.8 Å². The third-order valence-corrected chi connectivity index (χ3v) is 6.98. The molecule has 2 unspecified atom stereocenters. The monoisotopic (exact) mass is 585 g/mol. The highest BCUT2D eigenvalue weighted by atomic mass is 35.5. The SMILES string of the molecule is COc1ncc(N=C(C(C)C)C2C(N)=NC(=O)N(c3cc(Cl)cn(C)c3=O)C2c2ccc(Cl)cc2C)c(OC)n1. The number of pyridine rings is 1. The van der Waals surface area contributed by atoms with E-state index in [0.717, 1.165) is 5.56 Å². The number of aryl methyl sites for hydroxylation is 2. The summed E-state index contributed by atoms with van der Waals surface area (Å²) in [6, 6.07) is 5.33. The molecule has 0 saturated heterocycles. The fraction of sp³-hybridized carbons (Fsp3) is 0.333.